The predicted octanol–water partition coefficient (Wildman–Crippen LogP) is 2.31. The van der Waals surface area contributed by atoms with E-state index < -0.39 is 0 Å². The monoisotopic (exact) mass is 496 g/mol. The van der Waals surface area contributed by atoms with Gasteiger partial charge in [-0.3, -0.25) is 0 Å². The van der Waals surface area contributed by atoms with Gasteiger partial charge in [0.1, 0.15) is 12.2 Å². The van der Waals surface area contributed by atoms with Crippen LogP contribution in [-0.4, -0.2) is 90.1 Å². The van der Waals surface area contributed by atoms with Crippen LogP contribution in [0.3, 0.4) is 0 Å². The molecule has 9 heteroatoms. The molecular formula is C26H40O9. The molecule has 0 amide bonds. The lowest BCUT2D eigenvalue weighted by atomic mass is 9.78. The Labute approximate surface area is 207 Å². The molecule has 0 aromatic heterocycles. The zero-order valence-corrected chi connectivity index (χ0v) is 19.8. The maximum atomic E-state index is 9.01. The van der Waals surface area contributed by atoms with Crippen molar-refractivity contribution in [2.45, 2.75) is 151 Å². The Morgan fingerprint density at radius 2 is 1.17 bits per heavy atom. The molecule has 198 valence electrons. The SMILES string of the molecule is C.CC[C@H]1CC[C@@H]2O[C@@H]3C[C@]2(CC2OC23)O1.O=C=O.OCC[C@H]1CC[C@@H]2O[C@@H]3C[C@]2(CC2OC23)O1. The fraction of sp³-hybridized carbons (Fsp3) is 0.962. The minimum Gasteiger partial charge on any atom is -0.396 e. The molecule has 4 unspecified atom stereocenters. The van der Waals surface area contributed by atoms with Crippen molar-refractivity contribution in [3.63, 3.8) is 0 Å². The highest BCUT2D eigenvalue weighted by Gasteiger charge is 2.67. The van der Waals surface area contributed by atoms with E-state index in [0.717, 1.165) is 51.4 Å². The summed E-state index contributed by atoms with van der Waals surface area (Å²) in [5, 5.41) is 9.01. The van der Waals surface area contributed by atoms with Gasteiger partial charge in [-0.05, 0) is 38.5 Å². The number of aliphatic hydroxyl groups excluding tert-OH is 1. The van der Waals surface area contributed by atoms with Crippen molar-refractivity contribution in [2.75, 3.05) is 6.61 Å². The lowest BCUT2D eigenvalue weighted by molar-refractivity contribution is -0.191. The van der Waals surface area contributed by atoms with Crippen LogP contribution in [0.5, 0.6) is 0 Å². The molecule has 8 fully saturated rings. The normalized spacial score (nSPS) is 52.9. The van der Waals surface area contributed by atoms with E-state index in [4.69, 9.17) is 43.1 Å². The lowest BCUT2D eigenvalue weighted by Gasteiger charge is -2.42. The predicted molar refractivity (Wildman–Crippen MR) is 121 cm³/mol. The van der Waals surface area contributed by atoms with Gasteiger partial charge in [-0.1, -0.05) is 14.4 Å². The summed E-state index contributed by atoms with van der Waals surface area (Å²) in [6.07, 6.45) is 14.3. The first-order valence-electron chi connectivity index (χ1n) is 13.1. The van der Waals surface area contributed by atoms with Crippen molar-refractivity contribution in [2.24, 2.45) is 0 Å². The Morgan fingerprint density at radius 3 is 1.63 bits per heavy atom. The Kier molecular flexibility index (Phi) is 7.18. The summed E-state index contributed by atoms with van der Waals surface area (Å²) in [4.78, 5) is 16.2. The maximum absolute atomic E-state index is 9.01. The van der Waals surface area contributed by atoms with E-state index in [1.807, 2.05) is 0 Å². The van der Waals surface area contributed by atoms with Crippen molar-refractivity contribution in [3.05, 3.63) is 0 Å². The molecule has 4 bridgehead atoms. The average Bonchev–Trinajstić information content (AvgIpc) is 3.70. The van der Waals surface area contributed by atoms with Crippen LogP contribution < -0.4 is 0 Å². The highest BCUT2D eigenvalue weighted by Crippen LogP contribution is 2.56. The molecule has 12 atom stereocenters. The van der Waals surface area contributed by atoms with Gasteiger partial charge in [-0.15, -0.1) is 0 Å². The third-order valence-electron chi connectivity index (χ3n) is 9.23. The summed E-state index contributed by atoms with van der Waals surface area (Å²) in [5.74, 6) is 0. The fourth-order valence-electron chi connectivity index (χ4n) is 7.60. The summed E-state index contributed by atoms with van der Waals surface area (Å²) in [7, 11) is 0. The Morgan fingerprint density at radius 1 is 0.743 bits per heavy atom. The molecule has 0 aromatic rings. The van der Waals surface area contributed by atoms with E-state index in [0.29, 0.717) is 42.7 Å². The van der Waals surface area contributed by atoms with Crippen LogP contribution >= 0.6 is 0 Å². The van der Waals surface area contributed by atoms with Gasteiger partial charge in [0.05, 0.1) is 60.0 Å². The van der Waals surface area contributed by atoms with Crippen molar-refractivity contribution >= 4 is 6.15 Å². The first-order chi connectivity index (χ1) is 16.5. The molecule has 1 N–H and O–H groups in total. The summed E-state index contributed by atoms with van der Waals surface area (Å²) < 4.78 is 35.9. The third kappa shape index (κ3) is 4.53. The van der Waals surface area contributed by atoms with E-state index in [2.05, 4.69) is 6.92 Å². The highest BCUT2D eigenvalue weighted by molar-refractivity contribution is 5.20. The second-order valence-electron chi connectivity index (χ2n) is 11.2. The van der Waals surface area contributed by atoms with Crippen molar-refractivity contribution in [1.29, 1.82) is 0 Å². The van der Waals surface area contributed by atoms with Crippen LogP contribution in [0, 0.1) is 0 Å². The molecule has 8 rings (SSSR count). The minimum atomic E-state index is -0.0829. The number of fused-ring (bicyclic) bond motifs is 6. The molecule has 6 heterocycles. The molecule has 0 radical (unpaired) electrons. The van der Waals surface area contributed by atoms with Gasteiger partial charge in [-0.2, -0.15) is 9.59 Å². The van der Waals surface area contributed by atoms with Crippen LogP contribution in [0.25, 0.3) is 0 Å². The summed E-state index contributed by atoms with van der Waals surface area (Å²) in [5.41, 5.74) is -0.0539. The smallest absolute Gasteiger partial charge is 0.373 e. The number of hydrogen-bond donors (Lipinski definition) is 1. The Hall–Kier alpha value is -0.900. The number of aliphatic hydroxyl groups is 1. The number of ether oxygens (including phenoxy) is 6. The minimum absolute atomic E-state index is 0. The van der Waals surface area contributed by atoms with Crippen LogP contribution in [0.1, 0.15) is 78.6 Å². The molecule has 9 nitrogen and oxygen atoms in total. The number of hydrogen-bond acceptors (Lipinski definition) is 9. The van der Waals surface area contributed by atoms with Gasteiger partial charge in [0.15, 0.2) is 0 Å². The van der Waals surface area contributed by atoms with E-state index in [-0.39, 0.29) is 49.7 Å². The van der Waals surface area contributed by atoms with Gasteiger partial charge in [-0.25, -0.2) is 0 Å². The molecule has 0 aromatic carbocycles. The standard InChI is InChI=1S/C12H18O4.C12H18O3.CO2.CH4/c13-4-3-7-1-2-10-12(16-7)5-8(14-10)11-9(6-12)15-11;1-2-7-3-4-10-12(15-7)5-8(13-10)11-9(6-12)14-11;2-1-3;/h7-11,13H,1-6H2;7-11H,2-6H2,1H3;;1H4/t7-,8-,9?,10+,11?,12-;7-,8+,9?,10-,11?,12+;;/m10../s1. The number of carbonyl (C=O) groups excluding carboxylic acids is 2. The number of epoxide rings is 2. The molecule has 6 aliphatic heterocycles. The average molecular weight is 497 g/mol. The highest BCUT2D eigenvalue weighted by atomic mass is 16.7. The quantitative estimate of drug-likeness (QED) is 0.588. The first kappa shape index (κ1) is 25.7. The molecule has 6 saturated heterocycles. The zero-order valence-electron chi connectivity index (χ0n) is 19.8. The molecule has 35 heavy (non-hydrogen) atoms. The van der Waals surface area contributed by atoms with Gasteiger partial charge >= 0.3 is 6.15 Å². The van der Waals surface area contributed by atoms with Crippen molar-refractivity contribution < 1.29 is 43.1 Å². The molecule has 2 aliphatic carbocycles. The third-order valence-corrected chi connectivity index (χ3v) is 9.23. The van der Waals surface area contributed by atoms with Gasteiger partial charge < -0.3 is 33.5 Å². The second-order valence-corrected chi connectivity index (χ2v) is 11.2. The molecular weight excluding hydrogens is 456 g/mol. The van der Waals surface area contributed by atoms with Crippen LogP contribution in [0.15, 0.2) is 0 Å². The van der Waals surface area contributed by atoms with Gasteiger partial charge in [0, 0.05) is 32.3 Å². The lowest BCUT2D eigenvalue weighted by Crippen LogP contribution is -2.50. The van der Waals surface area contributed by atoms with Crippen LogP contribution in [-0.2, 0) is 38.0 Å². The summed E-state index contributed by atoms with van der Waals surface area (Å²) in [6, 6.07) is 0. The maximum Gasteiger partial charge on any atom is 0.373 e. The van der Waals surface area contributed by atoms with E-state index in [1.165, 1.54) is 12.8 Å². The van der Waals surface area contributed by atoms with E-state index >= 15 is 0 Å². The number of rotatable bonds is 3. The largest absolute Gasteiger partial charge is 0.396 e. The molecule has 2 spiro atoms. The van der Waals surface area contributed by atoms with E-state index in [9.17, 15) is 0 Å². The summed E-state index contributed by atoms with van der Waals surface area (Å²) in [6.45, 7) is 2.44. The Bertz CT molecular complexity index is 794. The molecule has 8 aliphatic rings. The van der Waals surface area contributed by atoms with Crippen molar-refractivity contribution in [3.8, 4) is 0 Å². The topological polar surface area (TPSA) is 116 Å². The molecule has 2 saturated carbocycles. The van der Waals surface area contributed by atoms with Crippen LogP contribution in [0.2, 0.25) is 0 Å². The van der Waals surface area contributed by atoms with E-state index in [1.54, 1.807) is 0 Å². The van der Waals surface area contributed by atoms with Crippen molar-refractivity contribution in [1.82, 2.24) is 0 Å². The van der Waals surface area contributed by atoms with Crippen LogP contribution in [0.4, 0.5) is 0 Å². The zero-order chi connectivity index (χ0) is 23.5. The second kappa shape index (κ2) is 9.76. The van der Waals surface area contributed by atoms with Gasteiger partial charge in [0.25, 0.3) is 0 Å². The Balaban J connectivity index is 0.000000128. The summed E-state index contributed by atoms with van der Waals surface area (Å²) >= 11 is 0. The first-order valence-corrected chi connectivity index (χ1v) is 13.1. The fourth-order valence-corrected chi connectivity index (χ4v) is 7.60. The van der Waals surface area contributed by atoms with Gasteiger partial charge in [0.2, 0.25) is 0 Å².